The number of hydrogen-bond acceptors (Lipinski definition) is 2. The summed E-state index contributed by atoms with van der Waals surface area (Å²) in [7, 11) is 0. The molecule has 0 bridgehead atoms. The first-order valence-corrected chi connectivity index (χ1v) is 6.97. The van der Waals surface area contributed by atoms with Gasteiger partial charge in [0.05, 0.1) is 5.69 Å². The highest BCUT2D eigenvalue weighted by atomic mass is 79.9. The molecule has 5 nitrogen and oxygen atoms in total. The van der Waals surface area contributed by atoms with Crippen molar-refractivity contribution in [2.75, 3.05) is 5.32 Å². The lowest BCUT2D eigenvalue weighted by Crippen LogP contribution is -2.36. The Bertz CT molecular complexity index is 646. The molecule has 0 unspecified atom stereocenters. The quantitative estimate of drug-likeness (QED) is 0.792. The minimum atomic E-state index is -1.12. The zero-order valence-electron chi connectivity index (χ0n) is 10.9. The van der Waals surface area contributed by atoms with Crippen LogP contribution in [-0.4, -0.2) is 17.1 Å². The summed E-state index contributed by atoms with van der Waals surface area (Å²) in [6.07, 6.45) is 0. The Kier molecular flexibility index (Phi) is 4.94. The molecule has 6 heteroatoms. The molecule has 2 aromatic rings. The summed E-state index contributed by atoms with van der Waals surface area (Å²) >= 11 is 3.31. The lowest BCUT2D eigenvalue weighted by Gasteiger charge is -2.16. The van der Waals surface area contributed by atoms with E-state index in [0.717, 1.165) is 0 Å². The summed E-state index contributed by atoms with van der Waals surface area (Å²) in [4.78, 5) is 23.2. The highest BCUT2D eigenvalue weighted by molar-refractivity contribution is 9.10. The molecule has 0 aliphatic heterocycles. The monoisotopic (exact) mass is 348 g/mol. The predicted octanol–water partition coefficient (Wildman–Crippen LogP) is 3.40. The average molecular weight is 349 g/mol. The maximum absolute atomic E-state index is 11.9. The molecule has 2 rings (SSSR count). The molecule has 2 amide bonds. The van der Waals surface area contributed by atoms with Crippen LogP contribution in [0.4, 0.5) is 10.5 Å². The molecule has 2 aromatic carbocycles. The molecular formula is C15H13BrN2O3. The number of carbonyl (C=O) groups is 2. The lowest BCUT2D eigenvalue weighted by molar-refractivity contribution is -0.139. The van der Waals surface area contributed by atoms with Gasteiger partial charge in [0, 0.05) is 4.47 Å². The predicted molar refractivity (Wildman–Crippen MR) is 83.1 cm³/mol. The van der Waals surface area contributed by atoms with Gasteiger partial charge in [0.25, 0.3) is 0 Å². The van der Waals surface area contributed by atoms with E-state index in [0.29, 0.717) is 15.7 Å². The van der Waals surface area contributed by atoms with Gasteiger partial charge in [0.2, 0.25) is 0 Å². The SMILES string of the molecule is O=C(Nc1ccccc1Br)N[C@@H](C(=O)O)c1ccccc1. The Balaban J connectivity index is 2.10. The second-order valence-electron chi connectivity index (χ2n) is 4.26. The second kappa shape index (κ2) is 6.90. The zero-order valence-corrected chi connectivity index (χ0v) is 12.5. The summed E-state index contributed by atoms with van der Waals surface area (Å²) in [5.74, 6) is -1.12. The summed E-state index contributed by atoms with van der Waals surface area (Å²) in [5.41, 5.74) is 1.07. The van der Waals surface area contributed by atoms with Crippen molar-refractivity contribution in [2.45, 2.75) is 6.04 Å². The number of hydrogen-bond donors (Lipinski definition) is 3. The molecule has 1 atom stereocenters. The fourth-order valence-electron chi connectivity index (χ4n) is 1.79. The van der Waals surface area contributed by atoms with E-state index in [2.05, 4.69) is 26.6 Å². The van der Waals surface area contributed by atoms with Gasteiger partial charge in [-0.1, -0.05) is 42.5 Å². The van der Waals surface area contributed by atoms with Gasteiger partial charge in [0.1, 0.15) is 0 Å². The fourth-order valence-corrected chi connectivity index (χ4v) is 2.17. The first-order valence-electron chi connectivity index (χ1n) is 6.17. The molecule has 0 aliphatic carbocycles. The van der Waals surface area contributed by atoms with Gasteiger partial charge in [-0.05, 0) is 33.6 Å². The highest BCUT2D eigenvalue weighted by Gasteiger charge is 2.21. The van der Waals surface area contributed by atoms with E-state index < -0.39 is 18.0 Å². The number of carboxylic acids is 1. The van der Waals surface area contributed by atoms with Crippen LogP contribution in [0.15, 0.2) is 59.1 Å². The Labute approximate surface area is 130 Å². The minimum absolute atomic E-state index is 0.507. The number of carboxylic acid groups (broad SMARTS) is 1. The lowest BCUT2D eigenvalue weighted by atomic mass is 10.1. The Morgan fingerprint density at radius 3 is 2.24 bits per heavy atom. The smallest absolute Gasteiger partial charge is 0.330 e. The van der Waals surface area contributed by atoms with Gasteiger partial charge in [-0.2, -0.15) is 0 Å². The van der Waals surface area contributed by atoms with E-state index in [1.54, 1.807) is 48.5 Å². The standard InChI is InChI=1S/C15H13BrN2O3/c16-11-8-4-5-9-12(11)17-15(21)18-13(14(19)20)10-6-2-1-3-7-10/h1-9,13H,(H,19,20)(H2,17,18,21)/t13-/m1/s1. The van der Waals surface area contributed by atoms with Crippen molar-refractivity contribution in [3.8, 4) is 0 Å². The van der Waals surface area contributed by atoms with E-state index in [-0.39, 0.29) is 0 Å². The summed E-state index contributed by atoms with van der Waals surface area (Å²) in [6, 6.07) is 13.9. The number of anilines is 1. The molecule has 0 aromatic heterocycles. The highest BCUT2D eigenvalue weighted by Crippen LogP contribution is 2.21. The number of rotatable bonds is 4. The first-order chi connectivity index (χ1) is 10.1. The minimum Gasteiger partial charge on any atom is -0.479 e. The Morgan fingerprint density at radius 2 is 1.62 bits per heavy atom. The van der Waals surface area contributed by atoms with Crippen molar-refractivity contribution >= 4 is 33.6 Å². The molecule has 0 radical (unpaired) electrons. The van der Waals surface area contributed by atoms with Crippen LogP contribution in [0.3, 0.4) is 0 Å². The van der Waals surface area contributed by atoms with Crippen LogP contribution in [-0.2, 0) is 4.79 Å². The number of para-hydroxylation sites is 1. The van der Waals surface area contributed by atoms with Crippen LogP contribution in [0.5, 0.6) is 0 Å². The van der Waals surface area contributed by atoms with Gasteiger partial charge >= 0.3 is 12.0 Å². The summed E-state index contributed by atoms with van der Waals surface area (Å²) in [5, 5.41) is 14.3. The van der Waals surface area contributed by atoms with Crippen molar-refractivity contribution in [1.29, 1.82) is 0 Å². The number of nitrogens with one attached hydrogen (secondary N) is 2. The van der Waals surface area contributed by atoms with Crippen molar-refractivity contribution in [2.24, 2.45) is 0 Å². The van der Waals surface area contributed by atoms with Crippen molar-refractivity contribution in [3.05, 3.63) is 64.6 Å². The normalized spacial score (nSPS) is 11.5. The zero-order chi connectivity index (χ0) is 15.2. The third kappa shape index (κ3) is 4.06. The van der Waals surface area contributed by atoms with Crippen LogP contribution in [0, 0.1) is 0 Å². The average Bonchev–Trinajstić information content (AvgIpc) is 2.48. The molecule has 21 heavy (non-hydrogen) atoms. The van der Waals surface area contributed by atoms with Crippen LogP contribution < -0.4 is 10.6 Å². The molecule has 108 valence electrons. The van der Waals surface area contributed by atoms with Crippen LogP contribution >= 0.6 is 15.9 Å². The van der Waals surface area contributed by atoms with E-state index in [4.69, 9.17) is 0 Å². The molecule has 0 saturated heterocycles. The van der Waals surface area contributed by atoms with Crippen molar-refractivity contribution in [3.63, 3.8) is 0 Å². The van der Waals surface area contributed by atoms with Gasteiger partial charge in [-0.25, -0.2) is 9.59 Å². The van der Waals surface area contributed by atoms with Crippen LogP contribution in [0.2, 0.25) is 0 Å². The van der Waals surface area contributed by atoms with E-state index in [1.165, 1.54) is 0 Å². The Hall–Kier alpha value is -2.34. The molecule has 0 saturated carbocycles. The molecule has 0 heterocycles. The second-order valence-corrected chi connectivity index (χ2v) is 5.11. The number of carbonyl (C=O) groups excluding carboxylic acids is 1. The number of halogens is 1. The molecular weight excluding hydrogens is 336 g/mol. The van der Waals surface area contributed by atoms with Crippen molar-refractivity contribution < 1.29 is 14.7 Å². The number of urea groups is 1. The van der Waals surface area contributed by atoms with Gasteiger partial charge in [-0.15, -0.1) is 0 Å². The van der Waals surface area contributed by atoms with Crippen LogP contribution in [0.25, 0.3) is 0 Å². The number of amides is 2. The molecule has 0 fully saturated rings. The topological polar surface area (TPSA) is 78.4 Å². The molecule has 3 N–H and O–H groups in total. The number of benzene rings is 2. The first kappa shape index (κ1) is 15.1. The largest absolute Gasteiger partial charge is 0.479 e. The number of aliphatic carboxylic acids is 1. The Morgan fingerprint density at radius 1 is 1.00 bits per heavy atom. The van der Waals surface area contributed by atoms with Gasteiger partial charge in [-0.3, -0.25) is 0 Å². The third-order valence-electron chi connectivity index (χ3n) is 2.78. The fraction of sp³-hybridized carbons (Fsp3) is 0.0667. The van der Waals surface area contributed by atoms with Crippen LogP contribution in [0.1, 0.15) is 11.6 Å². The molecule has 0 aliphatic rings. The van der Waals surface area contributed by atoms with E-state index >= 15 is 0 Å². The third-order valence-corrected chi connectivity index (χ3v) is 3.47. The maximum atomic E-state index is 11.9. The van der Waals surface area contributed by atoms with E-state index in [9.17, 15) is 14.7 Å². The van der Waals surface area contributed by atoms with Crippen molar-refractivity contribution in [1.82, 2.24) is 5.32 Å². The summed E-state index contributed by atoms with van der Waals surface area (Å²) < 4.78 is 0.715. The summed E-state index contributed by atoms with van der Waals surface area (Å²) in [6.45, 7) is 0. The molecule has 0 spiro atoms. The van der Waals surface area contributed by atoms with Gasteiger partial charge < -0.3 is 15.7 Å². The van der Waals surface area contributed by atoms with Gasteiger partial charge in [0.15, 0.2) is 6.04 Å². The van der Waals surface area contributed by atoms with E-state index in [1.807, 2.05) is 6.07 Å². The maximum Gasteiger partial charge on any atom is 0.330 e.